The topological polar surface area (TPSA) is 91.9 Å². The number of nitrogens with zero attached hydrogens (tertiary/aromatic N) is 2. The van der Waals surface area contributed by atoms with Crippen molar-refractivity contribution in [1.82, 2.24) is 25.6 Å². The van der Waals surface area contributed by atoms with Crippen LogP contribution in [0.4, 0.5) is 0 Å². The zero-order chi connectivity index (χ0) is 20.9. The average molecular weight is 428 g/mol. The van der Waals surface area contributed by atoms with Crippen molar-refractivity contribution in [1.29, 1.82) is 0 Å². The van der Waals surface area contributed by atoms with Crippen molar-refractivity contribution in [3.8, 4) is 5.75 Å². The fraction of sp³-hybridized carbons (Fsp3) is 0.409. The maximum absolute atomic E-state index is 12.6. The first-order valence-corrected chi connectivity index (χ1v) is 10.7. The van der Waals surface area contributed by atoms with Crippen LogP contribution in [0.1, 0.15) is 29.9 Å². The molecule has 8 heteroatoms. The molecule has 7 nitrogen and oxygen atoms in total. The van der Waals surface area contributed by atoms with E-state index in [1.54, 1.807) is 18.3 Å². The number of aromatic amines is 1. The average Bonchev–Trinajstić information content (AvgIpc) is 2.76. The van der Waals surface area contributed by atoms with Crippen molar-refractivity contribution in [2.75, 3.05) is 19.6 Å². The Morgan fingerprint density at radius 1 is 1.27 bits per heavy atom. The number of benzene rings is 1. The number of halogens is 1. The summed E-state index contributed by atoms with van der Waals surface area (Å²) in [5.74, 6) is 1.67. The Bertz CT molecular complexity index is 1080. The molecule has 1 aliphatic heterocycles. The van der Waals surface area contributed by atoms with Crippen LogP contribution < -0.4 is 20.9 Å². The van der Waals surface area contributed by atoms with Gasteiger partial charge in [-0.15, -0.1) is 0 Å². The Balaban J connectivity index is 1.50. The van der Waals surface area contributed by atoms with Gasteiger partial charge in [0.25, 0.3) is 5.56 Å². The van der Waals surface area contributed by atoms with E-state index in [2.05, 4.69) is 25.6 Å². The molecular formula is C22H26ClN5O2. The predicted octanol–water partition coefficient (Wildman–Crippen LogP) is 2.95. The van der Waals surface area contributed by atoms with Crippen LogP contribution in [0.3, 0.4) is 0 Å². The molecule has 1 saturated heterocycles. The summed E-state index contributed by atoms with van der Waals surface area (Å²) in [7, 11) is 0. The minimum Gasteiger partial charge on any atom is -0.484 e. The smallest absolute Gasteiger partial charge is 0.258 e. The molecule has 0 radical (unpaired) electrons. The van der Waals surface area contributed by atoms with E-state index in [1.165, 1.54) is 12.8 Å². The van der Waals surface area contributed by atoms with Gasteiger partial charge in [-0.25, -0.2) is 4.98 Å². The Morgan fingerprint density at radius 3 is 2.93 bits per heavy atom. The second kappa shape index (κ2) is 9.55. The lowest BCUT2D eigenvalue weighted by molar-refractivity contribution is 0.296. The number of hydrogen-bond donors (Lipinski definition) is 3. The third-order valence-corrected chi connectivity index (χ3v) is 5.94. The number of rotatable bonds is 7. The molecule has 2 aromatic heterocycles. The van der Waals surface area contributed by atoms with Gasteiger partial charge >= 0.3 is 0 Å². The number of aromatic nitrogens is 3. The third kappa shape index (κ3) is 4.80. The molecule has 1 aromatic carbocycles. The van der Waals surface area contributed by atoms with E-state index < -0.39 is 0 Å². The monoisotopic (exact) mass is 427 g/mol. The Kier molecular flexibility index (Phi) is 6.62. The maximum atomic E-state index is 12.6. The van der Waals surface area contributed by atoms with Crippen LogP contribution in [0, 0.1) is 12.8 Å². The molecule has 4 rings (SSSR count). The molecule has 158 valence electrons. The lowest BCUT2D eigenvalue weighted by atomic mass is 9.98. The summed E-state index contributed by atoms with van der Waals surface area (Å²) in [5.41, 5.74) is 2.10. The van der Waals surface area contributed by atoms with E-state index in [4.69, 9.17) is 16.3 Å². The molecule has 0 amide bonds. The van der Waals surface area contributed by atoms with Gasteiger partial charge in [-0.3, -0.25) is 9.78 Å². The van der Waals surface area contributed by atoms with Crippen LogP contribution in [0.15, 0.2) is 35.3 Å². The highest BCUT2D eigenvalue weighted by atomic mass is 35.5. The normalized spacial score (nSPS) is 14.9. The summed E-state index contributed by atoms with van der Waals surface area (Å²) in [4.78, 5) is 24.5. The minimum absolute atomic E-state index is 0.116. The summed E-state index contributed by atoms with van der Waals surface area (Å²) in [6.45, 7) is 5.69. The predicted molar refractivity (Wildman–Crippen MR) is 118 cm³/mol. The van der Waals surface area contributed by atoms with Crippen molar-refractivity contribution in [3.63, 3.8) is 0 Å². The molecule has 0 spiro atoms. The Morgan fingerprint density at radius 2 is 2.10 bits per heavy atom. The van der Waals surface area contributed by atoms with Crippen molar-refractivity contribution in [2.45, 2.75) is 32.9 Å². The van der Waals surface area contributed by atoms with Gasteiger partial charge in [0, 0.05) is 12.7 Å². The number of pyridine rings is 1. The van der Waals surface area contributed by atoms with E-state index in [-0.39, 0.29) is 12.2 Å². The van der Waals surface area contributed by atoms with Crippen molar-refractivity contribution >= 4 is 22.5 Å². The number of piperidine rings is 1. The molecule has 1 aliphatic rings. The SMILES string of the molecule is Cc1cccc(OCc2nc3c(CNCC4CCNCC4)nccc3c(=O)[nH]2)c1Cl. The third-order valence-electron chi connectivity index (χ3n) is 5.45. The fourth-order valence-electron chi connectivity index (χ4n) is 3.72. The lowest BCUT2D eigenvalue weighted by Gasteiger charge is -2.22. The summed E-state index contributed by atoms with van der Waals surface area (Å²) in [5, 5.41) is 7.95. The molecule has 0 atom stereocenters. The molecule has 0 saturated carbocycles. The van der Waals surface area contributed by atoms with Crippen molar-refractivity contribution in [3.05, 3.63) is 62.9 Å². The van der Waals surface area contributed by atoms with Gasteiger partial charge in [0.15, 0.2) is 0 Å². The second-order valence-corrected chi connectivity index (χ2v) is 8.04. The zero-order valence-corrected chi connectivity index (χ0v) is 17.8. The summed E-state index contributed by atoms with van der Waals surface area (Å²) in [6, 6.07) is 7.29. The van der Waals surface area contributed by atoms with Crippen molar-refractivity contribution < 1.29 is 4.74 Å². The van der Waals surface area contributed by atoms with E-state index in [0.29, 0.717) is 40.0 Å². The molecular weight excluding hydrogens is 402 g/mol. The molecule has 0 bridgehead atoms. The van der Waals surface area contributed by atoms with Crippen LogP contribution in [0.25, 0.3) is 10.9 Å². The van der Waals surface area contributed by atoms with Gasteiger partial charge < -0.3 is 20.4 Å². The highest BCUT2D eigenvalue weighted by Crippen LogP contribution is 2.27. The van der Waals surface area contributed by atoms with Gasteiger partial charge in [-0.1, -0.05) is 23.7 Å². The Hall–Kier alpha value is -2.48. The molecule has 1 fully saturated rings. The van der Waals surface area contributed by atoms with Crippen LogP contribution in [-0.4, -0.2) is 34.6 Å². The molecule has 0 aliphatic carbocycles. The Labute approximate surface area is 180 Å². The highest BCUT2D eigenvalue weighted by molar-refractivity contribution is 6.32. The molecule has 3 aromatic rings. The van der Waals surface area contributed by atoms with Gasteiger partial charge in [-0.05, 0) is 63.0 Å². The fourth-order valence-corrected chi connectivity index (χ4v) is 3.90. The van der Waals surface area contributed by atoms with Crippen molar-refractivity contribution in [2.24, 2.45) is 5.92 Å². The van der Waals surface area contributed by atoms with E-state index in [1.807, 2.05) is 19.1 Å². The lowest BCUT2D eigenvalue weighted by Crippen LogP contribution is -2.33. The minimum atomic E-state index is -0.198. The summed E-state index contributed by atoms with van der Waals surface area (Å²) >= 11 is 6.29. The number of ether oxygens (including phenoxy) is 1. The van der Waals surface area contributed by atoms with Gasteiger partial charge in [0.1, 0.15) is 23.7 Å². The van der Waals surface area contributed by atoms with E-state index in [9.17, 15) is 4.79 Å². The van der Waals surface area contributed by atoms with Gasteiger partial charge in [-0.2, -0.15) is 0 Å². The van der Waals surface area contributed by atoms with Crippen LogP contribution in [0.2, 0.25) is 5.02 Å². The molecule has 30 heavy (non-hydrogen) atoms. The zero-order valence-electron chi connectivity index (χ0n) is 17.0. The first-order valence-electron chi connectivity index (χ1n) is 10.3. The first kappa shape index (κ1) is 20.8. The number of nitrogens with one attached hydrogen (secondary N) is 3. The van der Waals surface area contributed by atoms with Gasteiger partial charge in [0.05, 0.1) is 16.1 Å². The van der Waals surface area contributed by atoms with E-state index >= 15 is 0 Å². The van der Waals surface area contributed by atoms with Gasteiger partial charge in [0.2, 0.25) is 0 Å². The quantitative estimate of drug-likeness (QED) is 0.537. The molecule has 0 unspecified atom stereocenters. The van der Waals surface area contributed by atoms with Crippen LogP contribution >= 0.6 is 11.6 Å². The van der Waals surface area contributed by atoms with Crippen LogP contribution in [-0.2, 0) is 13.2 Å². The second-order valence-electron chi connectivity index (χ2n) is 7.67. The molecule has 3 N–H and O–H groups in total. The largest absolute Gasteiger partial charge is 0.484 e. The number of aryl methyl sites for hydroxylation is 1. The summed E-state index contributed by atoms with van der Waals surface area (Å²) in [6.07, 6.45) is 4.01. The van der Waals surface area contributed by atoms with E-state index in [0.717, 1.165) is 30.9 Å². The van der Waals surface area contributed by atoms with Crippen LogP contribution in [0.5, 0.6) is 5.75 Å². The first-order chi connectivity index (χ1) is 14.6. The highest BCUT2D eigenvalue weighted by Gasteiger charge is 2.14. The summed E-state index contributed by atoms with van der Waals surface area (Å²) < 4.78 is 5.80. The molecule has 3 heterocycles. The standard InChI is InChI=1S/C22H26ClN5O2/c1-14-3-2-4-18(20(14)23)30-13-19-27-21-16(22(29)28-19)7-10-26-17(21)12-25-11-15-5-8-24-9-6-15/h2-4,7,10,15,24-25H,5-6,8-9,11-13H2,1H3,(H,27,28,29). The number of hydrogen-bond acceptors (Lipinski definition) is 6. The number of fused-ring (bicyclic) bond motifs is 1. The maximum Gasteiger partial charge on any atom is 0.258 e. The number of H-pyrrole nitrogens is 1.